The molecule has 0 bridgehead atoms. The third-order valence-electron chi connectivity index (χ3n) is 6.30. The molecule has 0 unspecified atom stereocenters. The predicted molar refractivity (Wildman–Crippen MR) is 126 cm³/mol. The van der Waals surface area contributed by atoms with Gasteiger partial charge < -0.3 is 20.4 Å². The van der Waals surface area contributed by atoms with E-state index in [0.717, 1.165) is 56.6 Å². The number of likely N-dealkylation sites (tertiary alicyclic amines) is 1. The molecule has 7 nitrogen and oxygen atoms in total. The summed E-state index contributed by atoms with van der Waals surface area (Å²) in [5.41, 5.74) is 1.27. The van der Waals surface area contributed by atoms with Crippen LogP contribution in [0.4, 0.5) is 5.82 Å². The predicted octanol–water partition coefficient (Wildman–Crippen LogP) is 2.15. The van der Waals surface area contributed by atoms with Gasteiger partial charge in [-0.25, -0.2) is 9.98 Å². The highest BCUT2D eigenvalue weighted by molar-refractivity contribution is 5.79. The van der Waals surface area contributed by atoms with Crippen LogP contribution in [0, 0.1) is 0 Å². The zero-order valence-electron chi connectivity index (χ0n) is 19.5. The Morgan fingerprint density at radius 1 is 1.03 bits per heavy atom. The van der Waals surface area contributed by atoms with E-state index in [1.165, 1.54) is 32.4 Å². The van der Waals surface area contributed by atoms with Crippen LogP contribution in [-0.2, 0) is 6.54 Å². The fourth-order valence-corrected chi connectivity index (χ4v) is 4.16. The van der Waals surface area contributed by atoms with Crippen molar-refractivity contribution in [2.24, 2.45) is 4.99 Å². The van der Waals surface area contributed by atoms with Gasteiger partial charge in [-0.2, -0.15) is 0 Å². The molecule has 0 aliphatic carbocycles. The van der Waals surface area contributed by atoms with E-state index < -0.39 is 0 Å². The number of aromatic nitrogens is 1. The normalized spacial score (nSPS) is 19.7. The Kier molecular flexibility index (Phi) is 8.33. The van der Waals surface area contributed by atoms with E-state index >= 15 is 0 Å². The van der Waals surface area contributed by atoms with Crippen LogP contribution in [0.5, 0.6) is 0 Å². The van der Waals surface area contributed by atoms with Gasteiger partial charge in [-0.15, -0.1) is 0 Å². The van der Waals surface area contributed by atoms with Crippen molar-refractivity contribution >= 4 is 11.8 Å². The van der Waals surface area contributed by atoms with Crippen molar-refractivity contribution in [2.45, 2.75) is 52.1 Å². The van der Waals surface area contributed by atoms with E-state index in [9.17, 15) is 0 Å². The first kappa shape index (κ1) is 22.8. The van der Waals surface area contributed by atoms with Gasteiger partial charge in [-0.1, -0.05) is 12.5 Å². The largest absolute Gasteiger partial charge is 0.357 e. The molecule has 2 saturated heterocycles. The molecule has 0 spiro atoms. The number of piperidine rings is 1. The Bertz CT molecular complexity index is 657. The molecule has 7 heteroatoms. The van der Waals surface area contributed by atoms with Crippen LogP contribution in [-0.4, -0.2) is 85.7 Å². The summed E-state index contributed by atoms with van der Waals surface area (Å²) in [6, 6.07) is 4.29. The van der Waals surface area contributed by atoms with Crippen LogP contribution < -0.4 is 15.5 Å². The average molecular weight is 416 g/mol. The van der Waals surface area contributed by atoms with Gasteiger partial charge in [-0.05, 0) is 65.4 Å². The minimum absolute atomic E-state index is 0.127. The van der Waals surface area contributed by atoms with Crippen molar-refractivity contribution in [3.63, 3.8) is 0 Å². The fraction of sp³-hybridized carbons (Fsp3) is 0.739. The molecule has 0 amide bonds. The minimum atomic E-state index is 0.127. The second kappa shape index (κ2) is 11.0. The summed E-state index contributed by atoms with van der Waals surface area (Å²) in [6.07, 6.45) is 5.97. The Morgan fingerprint density at radius 2 is 1.77 bits per heavy atom. The van der Waals surface area contributed by atoms with Crippen molar-refractivity contribution in [3.05, 3.63) is 23.9 Å². The van der Waals surface area contributed by atoms with Crippen molar-refractivity contribution in [1.29, 1.82) is 0 Å². The SMILES string of the molecule is CCNC(=NCc1ccc(N2CCN(C)CC2)nc1)NCC(C)(C)N1CCCCC1. The highest BCUT2D eigenvalue weighted by Gasteiger charge is 2.27. The highest BCUT2D eigenvalue weighted by atomic mass is 15.3. The lowest BCUT2D eigenvalue weighted by Gasteiger charge is -2.41. The third-order valence-corrected chi connectivity index (χ3v) is 6.30. The van der Waals surface area contributed by atoms with Gasteiger partial charge in [0.1, 0.15) is 5.82 Å². The van der Waals surface area contributed by atoms with Gasteiger partial charge in [0.25, 0.3) is 0 Å². The first-order valence-corrected chi connectivity index (χ1v) is 11.6. The van der Waals surface area contributed by atoms with Crippen molar-refractivity contribution in [2.75, 3.05) is 64.3 Å². The number of nitrogens with one attached hydrogen (secondary N) is 2. The minimum Gasteiger partial charge on any atom is -0.357 e. The van der Waals surface area contributed by atoms with Gasteiger partial charge in [0.2, 0.25) is 0 Å². The fourth-order valence-electron chi connectivity index (χ4n) is 4.16. The molecule has 1 aromatic rings. The van der Waals surface area contributed by atoms with Crippen molar-refractivity contribution in [3.8, 4) is 0 Å². The van der Waals surface area contributed by atoms with Gasteiger partial charge in [-0.3, -0.25) is 4.90 Å². The molecule has 30 heavy (non-hydrogen) atoms. The van der Waals surface area contributed by atoms with Crippen LogP contribution in [0.2, 0.25) is 0 Å². The van der Waals surface area contributed by atoms with Gasteiger partial charge >= 0.3 is 0 Å². The van der Waals surface area contributed by atoms with E-state index in [0.29, 0.717) is 6.54 Å². The number of likely N-dealkylation sites (N-methyl/N-ethyl adjacent to an activating group) is 1. The highest BCUT2D eigenvalue weighted by Crippen LogP contribution is 2.20. The molecule has 2 aliphatic rings. The van der Waals surface area contributed by atoms with E-state index in [4.69, 9.17) is 4.99 Å². The molecule has 2 aliphatic heterocycles. The smallest absolute Gasteiger partial charge is 0.191 e. The summed E-state index contributed by atoms with van der Waals surface area (Å²) in [7, 11) is 2.18. The lowest BCUT2D eigenvalue weighted by molar-refractivity contribution is 0.0982. The quantitative estimate of drug-likeness (QED) is 0.526. The maximum absolute atomic E-state index is 4.80. The number of hydrogen-bond donors (Lipinski definition) is 2. The van der Waals surface area contributed by atoms with Gasteiger partial charge in [0.15, 0.2) is 5.96 Å². The molecule has 0 aromatic carbocycles. The number of guanidine groups is 1. The summed E-state index contributed by atoms with van der Waals surface area (Å²) in [5, 5.41) is 6.94. The number of nitrogens with zero attached hydrogens (tertiary/aromatic N) is 5. The lowest BCUT2D eigenvalue weighted by Crippen LogP contribution is -2.54. The summed E-state index contributed by atoms with van der Waals surface area (Å²) in [5.74, 6) is 1.95. The van der Waals surface area contributed by atoms with Gasteiger partial charge in [0, 0.05) is 51.0 Å². The molecule has 2 N–H and O–H groups in total. The Labute approximate surface area is 182 Å². The first-order chi connectivity index (χ1) is 14.5. The second-order valence-electron chi connectivity index (χ2n) is 9.22. The molecule has 1 aromatic heterocycles. The Balaban J connectivity index is 1.53. The number of rotatable bonds is 7. The van der Waals surface area contributed by atoms with Crippen LogP contribution in [0.15, 0.2) is 23.3 Å². The molecular formula is C23H41N7. The Hall–Kier alpha value is -1.86. The zero-order valence-corrected chi connectivity index (χ0v) is 19.5. The van der Waals surface area contributed by atoms with Crippen molar-refractivity contribution < 1.29 is 0 Å². The molecular weight excluding hydrogens is 374 g/mol. The molecule has 2 fully saturated rings. The van der Waals surface area contributed by atoms with Crippen LogP contribution in [0.3, 0.4) is 0 Å². The number of piperazine rings is 1. The Morgan fingerprint density at radius 3 is 2.40 bits per heavy atom. The number of anilines is 1. The van der Waals surface area contributed by atoms with Crippen LogP contribution in [0.25, 0.3) is 0 Å². The van der Waals surface area contributed by atoms with E-state index in [2.05, 4.69) is 70.3 Å². The molecule has 0 atom stereocenters. The number of pyridine rings is 1. The standard InChI is InChI=1S/C23H41N7/c1-5-24-22(27-19-23(2,3)30-11-7-6-8-12-30)26-18-20-9-10-21(25-17-20)29-15-13-28(4)14-16-29/h9-10,17H,5-8,11-16,18-19H2,1-4H3,(H2,24,26,27). The first-order valence-electron chi connectivity index (χ1n) is 11.6. The third kappa shape index (κ3) is 6.57. The monoisotopic (exact) mass is 415 g/mol. The average Bonchev–Trinajstić information content (AvgIpc) is 2.77. The van der Waals surface area contributed by atoms with Crippen LogP contribution >= 0.6 is 0 Å². The molecule has 0 radical (unpaired) electrons. The van der Waals surface area contributed by atoms with Gasteiger partial charge in [0.05, 0.1) is 6.54 Å². The molecule has 3 rings (SSSR count). The molecule has 168 valence electrons. The summed E-state index contributed by atoms with van der Waals surface area (Å²) in [4.78, 5) is 16.8. The van der Waals surface area contributed by atoms with E-state index in [-0.39, 0.29) is 5.54 Å². The maximum atomic E-state index is 4.80. The second-order valence-corrected chi connectivity index (χ2v) is 9.22. The summed E-state index contributed by atoms with van der Waals surface area (Å²) < 4.78 is 0. The lowest BCUT2D eigenvalue weighted by atomic mass is 9.98. The number of aliphatic imine (C=N–C) groups is 1. The van der Waals surface area contributed by atoms with E-state index in [1.807, 2.05) is 6.20 Å². The molecule has 3 heterocycles. The topological polar surface area (TPSA) is 59.0 Å². The molecule has 0 saturated carbocycles. The maximum Gasteiger partial charge on any atom is 0.191 e. The summed E-state index contributed by atoms with van der Waals surface area (Å²) >= 11 is 0. The van der Waals surface area contributed by atoms with E-state index in [1.54, 1.807) is 0 Å². The zero-order chi connectivity index (χ0) is 21.4. The summed E-state index contributed by atoms with van der Waals surface area (Å²) in [6.45, 7) is 15.8. The van der Waals surface area contributed by atoms with Crippen LogP contribution in [0.1, 0.15) is 45.6 Å². The van der Waals surface area contributed by atoms with Crippen molar-refractivity contribution in [1.82, 2.24) is 25.4 Å². The number of hydrogen-bond acceptors (Lipinski definition) is 5.